The first kappa shape index (κ1) is 10.9. The van der Waals surface area contributed by atoms with E-state index in [1.165, 1.54) is 5.56 Å². The highest BCUT2D eigenvalue weighted by atomic mass is 14.8. The van der Waals surface area contributed by atoms with Gasteiger partial charge in [-0.25, -0.2) is 0 Å². The summed E-state index contributed by atoms with van der Waals surface area (Å²) in [4.78, 5) is 8.58. The van der Waals surface area contributed by atoms with Crippen LogP contribution in [-0.2, 0) is 5.41 Å². The summed E-state index contributed by atoms with van der Waals surface area (Å²) in [6.45, 7) is 10.6. The van der Waals surface area contributed by atoms with E-state index < -0.39 is 0 Å². The summed E-state index contributed by atoms with van der Waals surface area (Å²) in [7, 11) is 0. The van der Waals surface area contributed by atoms with E-state index in [-0.39, 0.29) is 5.41 Å². The van der Waals surface area contributed by atoms with Crippen molar-refractivity contribution in [3.05, 3.63) is 24.0 Å². The van der Waals surface area contributed by atoms with Gasteiger partial charge in [0.1, 0.15) is 0 Å². The highest BCUT2D eigenvalue weighted by Gasteiger charge is 2.17. The molecule has 0 aliphatic carbocycles. The van der Waals surface area contributed by atoms with E-state index in [9.17, 15) is 0 Å². The summed E-state index contributed by atoms with van der Waals surface area (Å²) in [5, 5.41) is 0. The highest BCUT2D eigenvalue weighted by molar-refractivity contribution is 5.82. The van der Waals surface area contributed by atoms with Crippen LogP contribution in [0.2, 0.25) is 0 Å². The highest BCUT2D eigenvalue weighted by Crippen LogP contribution is 2.30. The largest absolute Gasteiger partial charge is 0.262 e. The fraction of sp³-hybridized carbons (Fsp3) is 0.500. The van der Waals surface area contributed by atoms with Gasteiger partial charge < -0.3 is 0 Å². The van der Waals surface area contributed by atoms with Gasteiger partial charge in [-0.2, -0.15) is 0 Å². The Morgan fingerprint density at radius 2 is 1.93 bits per heavy atom. The fourth-order valence-corrected chi connectivity index (χ4v) is 1.35. The maximum atomic E-state index is 4.48. The summed E-state index contributed by atoms with van der Waals surface area (Å²) in [6.07, 6.45) is 3.65. The topological polar surface area (TPSA) is 25.2 Å². The van der Waals surface area contributed by atoms with E-state index in [0.29, 0.717) is 0 Å². The molecule has 0 fully saturated rings. The van der Waals surface area contributed by atoms with E-state index in [1.54, 1.807) is 0 Å². The predicted molar refractivity (Wildman–Crippen MR) is 61.4 cm³/mol. The molecule has 76 valence electrons. The van der Waals surface area contributed by atoms with Gasteiger partial charge in [-0.1, -0.05) is 20.8 Å². The maximum Gasteiger partial charge on any atom is 0.0849 e. The lowest BCUT2D eigenvalue weighted by molar-refractivity contribution is 0.590. The molecule has 1 aromatic rings. The number of rotatable bonds is 1. The SMILES string of the molecule is CC(C)=Nc1cnccc1C(C)(C)C. The summed E-state index contributed by atoms with van der Waals surface area (Å²) < 4.78 is 0. The molecule has 0 spiro atoms. The predicted octanol–water partition coefficient (Wildman–Crippen LogP) is 3.49. The Bertz CT molecular complexity index is 342. The molecule has 0 saturated carbocycles. The number of hydrogen-bond acceptors (Lipinski definition) is 2. The fourth-order valence-electron chi connectivity index (χ4n) is 1.35. The van der Waals surface area contributed by atoms with Gasteiger partial charge in [0.2, 0.25) is 0 Å². The van der Waals surface area contributed by atoms with E-state index in [1.807, 2.05) is 32.3 Å². The Balaban J connectivity index is 3.24. The average molecular weight is 190 g/mol. The molecule has 1 rings (SSSR count). The van der Waals surface area contributed by atoms with Crippen molar-refractivity contribution in [2.24, 2.45) is 4.99 Å². The van der Waals surface area contributed by atoms with Gasteiger partial charge >= 0.3 is 0 Å². The Morgan fingerprint density at radius 1 is 1.29 bits per heavy atom. The van der Waals surface area contributed by atoms with Crippen molar-refractivity contribution in [1.82, 2.24) is 4.98 Å². The molecule has 1 aromatic heterocycles. The van der Waals surface area contributed by atoms with Crippen LogP contribution in [0.4, 0.5) is 5.69 Å². The first-order valence-electron chi connectivity index (χ1n) is 4.87. The van der Waals surface area contributed by atoms with Crippen molar-refractivity contribution >= 4 is 11.4 Å². The lowest BCUT2D eigenvalue weighted by Crippen LogP contribution is -2.11. The van der Waals surface area contributed by atoms with Crippen LogP contribution in [0.1, 0.15) is 40.2 Å². The molecule has 0 aliphatic rings. The third-order valence-corrected chi connectivity index (χ3v) is 1.95. The second-order valence-electron chi connectivity index (χ2n) is 4.70. The smallest absolute Gasteiger partial charge is 0.0849 e. The second-order valence-corrected chi connectivity index (χ2v) is 4.70. The molecule has 0 saturated heterocycles. The van der Waals surface area contributed by atoms with Gasteiger partial charge in [-0.15, -0.1) is 0 Å². The summed E-state index contributed by atoms with van der Waals surface area (Å²) in [5.74, 6) is 0. The minimum atomic E-state index is 0.122. The van der Waals surface area contributed by atoms with Gasteiger partial charge in [-0.05, 0) is 30.9 Å². The normalized spacial score (nSPS) is 11.2. The number of aromatic nitrogens is 1. The maximum absolute atomic E-state index is 4.48. The average Bonchev–Trinajstić information content (AvgIpc) is 2.01. The van der Waals surface area contributed by atoms with E-state index in [0.717, 1.165) is 11.4 Å². The van der Waals surface area contributed by atoms with Gasteiger partial charge in [0, 0.05) is 11.9 Å². The molecular weight excluding hydrogens is 172 g/mol. The standard InChI is InChI=1S/C12H18N2/c1-9(2)14-11-8-13-7-6-10(11)12(3,4)5/h6-8H,1-5H3. The number of hydrogen-bond donors (Lipinski definition) is 0. The quantitative estimate of drug-likeness (QED) is 0.622. The van der Waals surface area contributed by atoms with Crippen molar-refractivity contribution in [2.45, 2.75) is 40.0 Å². The van der Waals surface area contributed by atoms with E-state index in [2.05, 4.69) is 30.7 Å². The van der Waals surface area contributed by atoms with Crippen LogP contribution < -0.4 is 0 Å². The first-order valence-corrected chi connectivity index (χ1v) is 4.87. The van der Waals surface area contributed by atoms with Crippen molar-refractivity contribution in [3.63, 3.8) is 0 Å². The van der Waals surface area contributed by atoms with Gasteiger partial charge in [0.25, 0.3) is 0 Å². The zero-order valence-corrected chi connectivity index (χ0v) is 9.63. The molecule has 0 bridgehead atoms. The van der Waals surface area contributed by atoms with Gasteiger partial charge in [0.15, 0.2) is 0 Å². The molecular formula is C12H18N2. The Hall–Kier alpha value is -1.18. The summed E-state index contributed by atoms with van der Waals surface area (Å²) >= 11 is 0. The molecule has 2 nitrogen and oxygen atoms in total. The summed E-state index contributed by atoms with van der Waals surface area (Å²) in [6, 6.07) is 2.04. The minimum absolute atomic E-state index is 0.122. The molecule has 0 unspecified atom stereocenters. The molecule has 0 amide bonds. The monoisotopic (exact) mass is 190 g/mol. The molecule has 0 radical (unpaired) electrons. The molecule has 0 atom stereocenters. The Morgan fingerprint density at radius 3 is 2.43 bits per heavy atom. The van der Waals surface area contributed by atoms with Crippen LogP contribution in [-0.4, -0.2) is 10.7 Å². The minimum Gasteiger partial charge on any atom is -0.262 e. The zero-order chi connectivity index (χ0) is 10.8. The zero-order valence-electron chi connectivity index (χ0n) is 9.63. The molecule has 0 N–H and O–H groups in total. The lowest BCUT2D eigenvalue weighted by Gasteiger charge is -2.20. The third kappa shape index (κ3) is 2.66. The van der Waals surface area contributed by atoms with E-state index >= 15 is 0 Å². The van der Waals surface area contributed by atoms with E-state index in [4.69, 9.17) is 0 Å². The number of aliphatic imine (C=N–C) groups is 1. The van der Waals surface area contributed by atoms with Crippen molar-refractivity contribution in [2.75, 3.05) is 0 Å². The molecule has 0 aromatic carbocycles. The summed E-state index contributed by atoms with van der Waals surface area (Å²) in [5.41, 5.74) is 3.41. The molecule has 2 heteroatoms. The van der Waals surface area contributed by atoms with Crippen LogP contribution in [0.25, 0.3) is 0 Å². The molecule has 0 aliphatic heterocycles. The van der Waals surface area contributed by atoms with Gasteiger partial charge in [-0.3, -0.25) is 9.98 Å². The third-order valence-electron chi connectivity index (χ3n) is 1.95. The molecule has 1 heterocycles. The van der Waals surface area contributed by atoms with Crippen LogP contribution in [0.15, 0.2) is 23.5 Å². The van der Waals surface area contributed by atoms with Crippen molar-refractivity contribution in [3.8, 4) is 0 Å². The van der Waals surface area contributed by atoms with Crippen molar-refractivity contribution in [1.29, 1.82) is 0 Å². The van der Waals surface area contributed by atoms with Crippen LogP contribution >= 0.6 is 0 Å². The van der Waals surface area contributed by atoms with Crippen LogP contribution in [0.5, 0.6) is 0 Å². The Kier molecular flexibility index (Phi) is 3.04. The van der Waals surface area contributed by atoms with Crippen LogP contribution in [0.3, 0.4) is 0 Å². The number of nitrogens with zero attached hydrogens (tertiary/aromatic N) is 2. The second kappa shape index (κ2) is 3.91. The van der Waals surface area contributed by atoms with Crippen LogP contribution in [0, 0.1) is 0 Å². The lowest BCUT2D eigenvalue weighted by atomic mass is 9.87. The number of pyridine rings is 1. The van der Waals surface area contributed by atoms with Crippen molar-refractivity contribution < 1.29 is 0 Å². The van der Waals surface area contributed by atoms with Gasteiger partial charge in [0.05, 0.1) is 11.9 Å². The first-order chi connectivity index (χ1) is 6.41. The molecule has 14 heavy (non-hydrogen) atoms. The Labute approximate surface area is 86.1 Å².